The van der Waals surface area contributed by atoms with E-state index in [0.29, 0.717) is 11.6 Å². The molecule has 0 fully saturated rings. The van der Waals surface area contributed by atoms with E-state index in [1.807, 2.05) is 32.0 Å². The zero-order chi connectivity index (χ0) is 13.3. The van der Waals surface area contributed by atoms with Crippen LogP contribution in [0, 0.1) is 5.41 Å². The molecule has 0 aliphatic rings. The van der Waals surface area contributed by atoms with Crippen molar-refractivity contribution in [1.82, 2.24) is 4.98 Å². The Bertz CT molecular complexity index is 590. The minimum absolute atomic E-state index is 0.202. The third-order valence-corrected chi connectivity index (χ3v) is 3.70. The second-order valence-corrected chi connectivity index (χ2v) is 5.97. The fraction of sp³-hybridized carbons (Fsp3) is 0.385. The van der Waals surface area contributed by atoms with Crippen molar-refractivity contribution >= 4 is 32.7 Å². The van der Waals surface area contributed by atoms with Gasteiger partial charge in [-0.25, -0.2) is 4.98 Å². The Morgan fingerprint density at radius 1 is 1.50 bits per heavy atom. The predicted octanol–water partition coefficient (Wildman–Crippen LogP) is 2.62. The first-order valence-corrected chi connectivity index (χ1v) is 6.47. The molecule has 0 aliphatic carbocycles. The lowest BCUT2D eigenvalue weighted by Crippen LogP contribution is -2.27. The van der Waals surface area contributed by atoms with Crippen LogP contribution in [0.5, 0.6) is 0 Å². The summed E-state index contributed by atoms with van der Waals surface area (Å²) >= 11 is 1.46. The number of esters is 1. The number of anilines is 1. The maximum atomic E-state index is 11.7. The molecule has 0 bridgehead atoms. The summed E-state index contributed by atoms with van der Waals surface area (Å²) in [7, 11) is 1.41. The molecule has 4 nitrogen and oxygen atoms in total. The molecule has 96 valence electrons. The van der Waals surface area contributed by atoms with Crippen LogP contribution in [-0.4, -0.2) is 18.1 Å². The van der Waals surface area contributed by atoms with Gasteiger partial charge in [0, 0.05) is 0 Å². The van der Waals surface area contributed by atoms with Crippen LogP contribution in [-0.2, 0) is 16.0 Å². The molecule has 0 amide bonds. The lowest BCUT2D eigenvalue weighted by molar-refractivity contribution is -0.150. The minimum Gasteiger partial charge on any atom is -0.469 e. The molecule has 0 saturated heterocycles. The molecule has 5 heteroatoms. The van der Waals surface area contributed by atoms with Gasteiger partial charge in [-0.3, -0.25) is 4.79 Å². The van der Waals surface area contributed by atoms with Crippen molar-refractivity contribution in [3.8, 4) is 0 Å². The summed E-state index contributed by atoms with van der Waals surface area (Å²) in [6.45, 7) is 3.76. The van der Waals surface area contributed by atoms with E-state index >= 15 is 0 Å². The molecule has 2 aromatic rings. The maximum absolute atomic E-state index is 11.7. The van der Waals surface area contributed by atoms with Gasteiger partial charge in [0.15, 0.2) is 5.13 Å². The summed E-state index contributed by atoms with van der Waals surface area (Å²) in [5, 5.41) is 0.564. The van der Waals surface area contributed by atoms with Crippen molar-refractivity contribution < 1.29 is 9.53 Å². The second kappa shape index (κ2) is 4.57. The number of fused-ring (bicyclic) bond motifs is 1. The van der Waals surface area contributed by atoms with E-state index in [1.54, 1.807) is 0 Å². The highest BCUT2D eigenvalue weighted by Crippen LogP contribution is 2.28. The van der Waals surface area contributed by atoms with E-state index in [1.165, 1.54) is 18.4 Å². The van der Waals surface area contributed by atoms with Gasteiger partial charge in [0.1, 0.15) is 0 Å². The topological polar surface area (TPSA) is 65.2 Å². The van der Waals surface area contributed by atoms with Crippen molar-refractivity contribution in [2.75, 3.05) is 12.8 Å². The van der Waals surface area contributed by atoms with Crippen LogP contribution in [0.2, 0.25) is 0 Å². The lowest BCUT2D eigenvalue weighted by atomic mass is 9.86. The van der Waals surface area contributed by atoms with E-state index in [2.05, 4.69) is 4.98 Å². The Morgan fingerprint density at radius 3 is 2.89 bits per heavy atom. The Kier molecular flexibility index (Phi) is 3.26. The van der Waals surface area contributed by atoms with Gasteiger partial charge in [0.25, 0.3) is 0 Å². The standard InChI is InChI=1S/C13H16N2O2S/c1-13(2,11(16)17-3)7-8-4-5-9-10(6-8)18-12(14)15-9/h4-6H,7H2,1-3H3,(H2,14,15). The largest absolute Gasteiger partial charge is 0.469 e. The van der Waals surface area contributed by atoms with Crippen molar-refractivity contribution in [3.63, 3.8) is 0 Å². The maximum Gasteiger partial charge on any atom is 0.311 e. The summed E-state index contributed by atoms with van der Waals surface area (Å²) in [6.07, 6.45) is 0.632. The molecular formula is C13H16N2O2S. The number of carbonyl (C=O) groups is 1. The first-order valence-electron chi connectivity index (χ1n) is 5.66. The van der Waals surface area contributed by atoms with Crippen LogP contribution in [0.15, 0.2) is 18.2 Å². The number of nitrogens with two attached hydrogens (primary N) is 1. The quantitative estimate of drug-likeness (QED) is 0.865. The summed E-state index contributed by atoms with van der Waals surface area (Å²) < 4.78 is 5.86. The molecule has 1 heterocycles. The second-order valence-electron chi connectivity index (χ2n) is 4.91. The summed E-state index contributed by atoms with van der Waals surface area (Å²) in [4.78, 5) is 15.9. The van der Waals surface area contributed by atoms with Gasteiger partial charge in [-0.1, -0.05) is 17.4 Å². The number of hydrogen-bond acceptors (Lipinski definition) is 5. The average Bonchev–Trinajstić information content (AvgIpc) is 2.66. The van der Waals surface area contributed by atoms with Crippen LogP contribution in [0.3, 0.4) is 0 Å². The molecule has 0 unspecified atom stereocenters. The zero-order valence-corrected chi connectivity index (χ0v) is 11.5. The molecule has 0 aliphatic heterocycles. The number of methoxy groups -OCH3 is 1. The van der Waals surface area contributed by atoms with Gasteiger partial charge in [0.2, 0.25) is 0 Å². The summed E-state index contributed by atoms with van der Waals surface area (Å²) in [6, 6.07) is 5.95. The highest BCUT2D eigenvalue weighted by Gasteiger charge is 2.28. The van der Waals surface area contributed by atoms with Gasteiger partial charge in [-0.05, 0) is 38.0 Å². The van der Waals surface area contributed by atoms with E-state index in [-0.39, 0.29) is 5.97 Å². The number of ether oxygens (including phenoxy) is 1. The molecule has 18 heavy (non-hydrogen) atoms. The van der Waals surface area contributed by atoms with Crippen LogP contribution in [0.25, 0.3) is 10.2 Å². The van der Waals surface area contributed by atoms with Gasteiger partial charge in [0.05, 0.1) is 22.7 Å². The SMILES string of the molecule is COC(=O)C(C)(C)Cc1ccc2nc(N)sc2c1. The van der Waals surface area contributed by atoms with Crippen LogP contribution >= 0.6 is 11.3 Å². The molecule has 1 aromatic heterocycles. The van der Waals surface area contributed by atoms with Crippen LogP contribution < -0.4 is 5.73 Å². The summed E-state index contributed by atoms with van der Waals surface area (Å²) in [5.41, 5.74) is 7.13. The highest BCUT2D eigenvalue weighted by atomic mass is 32.1. The number of nitrogens with zero attached hydrogens (tertiary/aromatic N) is 1. The number of benzene rings is 1. The third-order valence-electron chi connectivity index (χ3n) is 2.85. The Labute approximate surface area is 110 Å². The van der Waals surface area contributed by atoms with Crippen molar-refractivity contribution in [3.05, 3.63) is 23.8 Å². The number of rotatable bonds is 3. The van der Waals surface area contributed by atoms with Crippen molar-refractivity contribution in [2.45, 2.75) is 20.3 Å². The van der Waals surface area contributed by atoms with E-state index in [0.717, 1.165) is 15.8 Å². The Balaban J connectivity index is 2.29. The van der Waals surface area contributed by atoms with Gasteiger partial charge >= 0.3 is 5.97 Å². The molecule has 0 atom stereocenters. The van der Waals surface area contributed by atoms with Crippen molar-refractivity contribution in [1.29, 1.82) is 0 Å². The highest BCUT2D eigenvalue weighted by molar-refractivity contribution is 7.22. The molecule has 2 N–H and O–H groups in total. The first kappa shape index (κ1) is 12.8. The molecule has 0 saturated carbocycles. The molecule has 0 radical (unpaired) electrons. The van der Waals surface area contributed by atoms with E-state index < -0.39 is 5.41 Å². The molecule has 1 aromatic carbocycles. The van der Waals surface area contributed by atoms with E-state index in [4.69, 9.17) is 10.5 Å². The number of carbonyl (C=O) groups excluding carboxylic acids is 1. The fourth-order valence-corrected chi connectivity index (χ4v) is 2.75. The molecular weight excluding hydrogens is 248 g/mol. The number of hydrogen-bond donors (Lipinski definition) is 1. The number of nitrogen functional groups attached to an aromatic ring is 1. The number of thiazole rings is 1. The lowest BCUT2D eigenvalue weighted by Gasteiger charge is -2.21. The summed E-state index contributed by atoms with van der Waals surface area (Å²) in [5.74, 6) is -0.202. The number of aromatic nitrogens is 1. The molecule has 0 spiro atoms. The third kappa shape index (κ3) is 2.46. The average molecular weight is 264 g/mol. The van der Waals surface area contributed by atoms with Crippen molar-refractivity contribution in [2.24, 2.45) is 5.41 Å². The predicted molar refractivity (Wildman–Crippen MR) is 73.5 cm³/mol. The normalized spacial score (nSPS) is 11.7. The molecule has 2 rings (SSSR count). The monoisotopic (exact) mass is 264 g/mol. The van der Waals surface area contributed by atoms with Gasteiger partial charge in [-0.15, -0.1) is 0 Å². The zero-order valence-electron chi connectivity index (χ0n) is 10.7. The van der Waals surface area contributed by atoms with Gasteiger partial charge in [-0.2, -0.15) is 0 Å². The fourth-order valence-electron chi connectivity index (χ4n) is 1.96. The Hall–Kier alpha value is -1.62. The minimum atomic E-state index is -0.529. The van der Waals surface area contributed by atoms with Gasteiger partial charge < -0.3 is 10.5 Å². The Morgan fingerprint density at radius 2 is 2.22 bits per heavy atom. The smallest absolute Gasteiger partial charge is 0.311 e. The first-order chi connectivity index (χ1) is 8.42. The van der Waals surface area contributed by atoms with E-state index in [9.17, 15) is 4.79 Å². The van der Waals surface area contributed by atoms with Crippen LogP contribution in [0.1, 0.15) is 19.4 Å². The van der Waals surface area contributed by atoms with Crippen LogP contribution in [0.4, 0.5) is 5.13 Å².